The number of sulfonamides is 1. The summed E-state index contributed by atoms with van der Waals surface area (Å²) < 4.78 is 27.6. The first-order valence-corrected chi connectivity index (χ1v) is 8.53. The molecular formula is C15H15ClN2O4S. The van der Waals surface area contributed by atoms with Crippen LogP contribution in [0.25, 0.3) is 0 Å². The third kappa shape index (κ3) is 3.46. The van der Waals surface area contributed by atoms with Crippen LogP contribution in [0.3, 0.4) is 0 Å². The zero-order valence-electron chi connectivity index (χ0n) is 12.8. The van der Waals surface area contributed by atoms with Crippen LogP contribution in [0.1, 0.15) is 16.7 Å². The fraction of sp³-hybridized carbons (Fsp3) is 0.200. The number of benzene rings is 2. The second-order valence-corrected chi connectivity index (χ2v) is 7.27. The lowest BCUT2D eigenvalue weighted by atomic mass is 10.1. The number of hydrogen-bond acceptors (Lipinski definition) is 4. The van der Waals surface area contributed by atoms with E-state index in [0.29, 0.717) is 5.69 Å². The first kappa shape index (κ1) is 17.2. The van der Waals surface area contributed by atoms with Gasteiger partial charge in [0.05, 0.1) is 20.5 Å². The van der Waals surface area contributed by atoms with Gasteiger partial charge >= 0.3 is 0 Å². The van der Waals surface area contributed by atoms with E-state index >= 15 is 0 Å². The molecule has 2 aromatic carbocycles. The summed E-state index contributed by atoms with van der Waals surface area (Å²) in [7, 11) is -3.99. The highest BCUT2D eigenvalue weighted by Gasteiger charge is 2.23. The zero-order chi connectivity index (χ0) is 17.4. The third-order valence-corrected chi connectivity index (χ3v) is 5.24. The molecule has 0 fully saturated rings. The van der Waals surface area contributed by atoms with Crippen molar-refractivity contribution in [2.45, 2.75) is 25.7 Å². The lowest BCUT2D eigenvalue weighted by Gasteiger charge is -2.13. The van der Waals surface area contributed by atoms with Crippen molar-refractivity contribution in [1.29, 1.82) is 0 Å². The Balaban J connectivity index is 2.55. The molecule has 0 unspecified atom stereocenters. The summed E-state index contributed by atoms with van der Waals surface area (Å²) in [5.41, 5.74) is 1.84. The molecule has 0 aromatic heterocycles. The number of hydrogen-bond donors (Lipinski definition) is 1. The topological polar surface area (TPSA) is 89.3 Å². The number of nitro benzene ring substituents is 1. The van der Waals surface area contributed by atoms with Crippen LogP contribution in [0.5, 0.6) is 0 Å². The fourth-order valence-corrected chi connectivity index (χ4v) is 3.68. The average molecular weight is 355 g/mol. The van der Waals surface area contributed by atoms with Crippen LogP contribution in [0.2, 0.25) is 5.02 Å². The van der Waals surface area contributed by atoms with Gasteiger partial charge in [-0.15, -0.1) is 0 Å². The standard InChI is InChI=1S/C15H15ClN2O4S/c1-9-5-4-6-10(2)15(9)17-23(21,22)12-7-13(16)11(3)14(8-12)18(19)20/h4-8,17H,1-3H3. The van der Waals surface area contributed by atoms with Gasteiger partial charge < -0.3 is 0 Å². The monoisotopic (exact) mass is 354 g/mol. The first-order valence-electron chi connectivity index (χ1n) is 6.67. The molecule has 2 aromatic rings. The van der Waals surface area contributed by atoms with Gasteiger partial charge in [-0.2, -0.15) is 0 Å². The molecule has 23 heavy (non-hydrogen) atoms. The van der Waals surface area contributed by atoms with Crippen molar-refractivity contribution in [3.8, 4) is 0 Å². The SMILES string of the molecule is Cc1cccc(C)c1NS(=O)(=O)c1cc(Cl)c(C)c([N+](=O)[O-])c1. The molecule has 0 aliphatic heterocycles. The summed E-state index contributed by atoms with van der Waals surface area (Å²) in [5, 5.41) is 11.1. The van der Waals surface area contributed by atoms with E-state index in [4.69, 9.17) is 11.6 Å². The van der Waals surface area contributed by atoms with Gasteiger partial charge in [-0.3, -0.25) is 14.8 Å². The molecular weight excluding hydrogens is 340 g/mol. The van der Waals surface area contributed by atoms with Crippen LogP contribution < -0.4 is 4.72 Å². The maximum atomic E-state index is 12.6. The summed E-state index contributed by atoms with van der Waals surface area (Å²) in [6.45, 7) is 5.01. The smallest absolute Gasteiger partial charge is 0.275 e. The van der Waals surface area contributed by atoms with E-state index in [0.717, 1.165) is 17.2 Å². The van der Waals surface area contributed by atoms with Gasteiger partial charge in [0.15, 0.2) is 0 Å². The van der Waals surface area contributed by atoms with Crippen LogP contribution in [0.4, 0.5) is 11.4 Å². The summed E-state index contributed by atoms with van der Waals surface area (Å²) in [4.78, 5) is 10.2. The molecule has 2 rings (SSSR count). The van der Waals surface area contributed by atoms with E-state index in [2.05, 4.69) is 4.72 Å². The molecule has 6 nitrogen and oxygen atoms in total. The largest absolute Gasteiger partial charge is 0.279 e. The maximum Gasteiger partial charge on any atom is 0.275 e. The Labute approximate surface area is 139 Å². The Bertz CT molecular complexity index is 874. The number of anilines is 1. The Hall–Kier alpha value is -2.12. The molecule has 0 heterocycles. The highest BCUT2D eigenvalue weighted by Crippen LogP contribution is 2.31. The first-order chi connectivity index (χ1) is 10.6. The van der Waals surface area contributed by atoms with E-state index in [1.54, 1.807) is 26.0 Å². The van der Waals surface area contributed by atoms with E-state index in [9.17, 15) is 18.5 Å². The second-order valence-electron chi connectivity index (χ2n) is 5.18. The molecule has 0 aliphatic carbocycles. The fourth-order valence-electron chi connectivity index (χ4n) is 2.15. The summed E-state index contributed by atoms with van der Waals surface area (Å²) in [6, 6.07) is 7.58. The Morgan fingerprint density at radius 3 is 2.22 bits per heavy atom. The van der Waals surface area contributed by atoms with Crippen molar-refractivity contribution in [3.05, 3.63) is 62.2 Å². The number of nitrogens with zero attached hydrogens (tertiary/aromatic N) is 1. The number of nitro groups is 1. The molecule has 122 valence electrons. The summed E-state index contributed by atoms with van der Waals surface area (Å²) >= 11 is 5.94. The zero-order valence-corrected chi connectivity index (χ0v) is 14.3. The molecule has 0 amide bonds. The molecule has 0 bridgehead atoms. The van der Waals surface area contributed by atoms with Crippen molar-refractivity contribution < 1.29 is 13.3 Å². The van der Waals surface area contributed by atoms with Gasteiger partial charge in [0, 0.05) is 11.6 Å². The lowest BCUT2D eigenvalue weighted by molar-refractivity contribution is -0.385. The van der Waals surface area contributed by atoms with E-state index in [-0.39, 0.29) is 21.2 Å². The van der Waals surface area contributed by atoms with Crippen LogP contribution in [-0.4, -0.2) is 13.3 Å². The molecule has 0 radical (unpaired) electrons. The van der Waals surface area contributed by atoms with Crippen molar-refractivity contribution in [3.63, 3.8) is 0 Å². The number of para-hydroxylation sites is 1. The molecule has 0 aliphatic rings. The minimum absolute atomic E-state index is 0.0288. The lowest BCUT2D eigenvalue weighted by Crippen LogP contribution is -2.15. The van der Waals surface area contributed by atoms with E-state index in [1.165, 1.54) is 13.0 Å². The second kappa shape index (κ2) is 6.17. The number of nitrogens with one attached hydrogen (secondary N) is 1. The normalized spacial score (nSPS) is 11.3. The summed E-state index contributed by atoms with van der Waals surface area (Å²) in [6.07, 6.45) is 0. The maximum absolute atomic E-state index is 12.6. The van der Waals surface area contributed by atoms with Crippen molar-refractivity contribution in [2.75, 3.05) is 4.72 Å². The van der Waals surface area contributed by atoms with Gasteiger partial charge in [0.2, 0.25) is 0 Å². The van der Waals surface area contributed by atoms with Crippen molar-refractivity contribution in [1.82, 2.24) is 0 Å². The van der Waals surface area contributed by atoms with Gasteiger partial charge in [-0.25, -0.2) is 8.42 Å². The van der Waals surface area contributed by atoms with Gasteiger partial charge in [-0.1, -0.05) is 29.8 Å². The Morgan fingerprint density at radius 1 is 1.13 bits per heavy atom. The molecule has 8 heteroatoms. The Kier molecular flexibility index (Phi) is 4.63. The van der Waals surface area contributed by atoms with Crippen LogP contribution in [0.15, 0.2) is 35.2 Å². The number of halogens is 1. The van der Waals surface area contributed by atoms with Crippen LogP contribution >= 0.6 is 11.6 Å². The minimum Gasteiger partial charge on any atom is -0.279 e. The average Bonchev–Trinajstić information content (AvgIpc) is 2.45. The molecule has 0 saturated heterocycles. The van der Waals surface area contributed by atoms with E-state index < -0.39 is 14.9 Å². The van der Waals surface area contributed by atoms with E-state index in [1.807, 2.05) is 6.07 Å². The van der Waals surface area contributed by atoms with Gasteiger partial charge in [-0.05, 0) is 38.0 Å². The third-order valence-electron chi connectivity index (χ3n) is 3.51. The quantitative estimate of drug-likeness (QED) is 0.664. The Morgan fingerprint density at radius 2 is 1.70 bits per heavy atom. The van der Waals surface area contributed by atoms with Gasteiger partial charge in [0.25, 0.3) is 15.7 Å². The van der Waals surface area contributed by atoms with Crippen molar-refractivity contribution in [2.24, 2.45) is 0 Å². The number of aryl methyl sites for hydroxylation is 2. The molecule has 0 spiro atoms. The highest BCUT2D eigenvalue weighted by molar-refractivity contribution is 7.92. The molecule has 1 N–H and O–H groups in total. The molecule has 0 saturated carbocycles. The number of rotatable bonds is 4. The van der Waals surface area contributed by atoms with Crippen molar-refractivity contribution >= 4 is 33.0 Å². The predicted octanol–water partition coefficient (Wildman–Crippen LogP) is 3.97. The minimum atomic E-state index is -3.99. The molecule has 0 atom stereocenters. The van der Waals surface area contributed by atoms with Crippen LogP contribution in [-0.2, 0) is 10.0 Å². The highest BCUT2D eigenvalue weighted by atomic mass is 35.5. The summed E-state index contributed by atoms with van der Waals surface area (Å²) in [5.74, 6) is 0. The van der Waals surface area contributed by atoms with Crippen LogP contribution in [0, 0.1) is 30.9 Å². The van der Waals surface area contributed by atoms with Gasteiger partial charge in [0.1, 0.15) is 0 Å². The predicted molar refractivity (Wildman–Crippen MR) is 89.6 cm³/mol.